The Morgan fingerprint density at radius 1 is 1.31 bits per heavy atom. The fourth-order valence-corrected chi connectivity index (χ4v) is 3.44. The van der Waals surface area contributed by atoms with Crippen molar-refractivity contribution in [1.29, 1.82) is 0 Å². The van der Waals surface area contributed by atoms with E-state index in [1.165, 1.54) is 36.6 Å². The number of hydrogen-bond acceptors (Lipinski definition) is 4. The zero-order chi connectivity index (χ0) is 18.6. The quantitative estimate of drug-likeness (QED) is 0.668. The van der Waals surface area contributed by atoms with Crippen molar-refractivity contribution in [2.45, 2.75) is 18.7 Å². The van der Waals surface area contributed by atoms with E-state index < -0.39 is 23.5 Å². The molecule has 0 spiro atoms. The summed E-state index contributed by atoms with van der Waals surface area (Å²) in [5.41, 5.74) is -2.11. The van der Waals surface area contributed by atoms with E-state index in [2.05, 4.69) is 0 Å². The molecule has 1 N–H and O–H groups in total. The summed E-state index contributed by atoms with van der Waals surface area (Å²) >= 11 is 5.95. The summed E-state index contributed by atoms with van der Waals surface area (Å²) in [5.74, 6) is -2.97. The summed E-state index contributed by atoms with van der Waals surface area (Å²) in [6.07, 6.45) is -0.194. The van der Waals surface area contributed by atoms with Crippen molar-refractivity contribution in [2.24, 2.45) is 0 Å². The van der Waals surface area contributed by atoms with Gasteiger partial charge in [-0.3, -0.25) is 4.79 Å². The Morgan fingerprint density at radius 2 is 2.08 bits per heavy atom. The van der Waals surface area contributed by atoms with Crippen LogP contribution in [-0.4, -0.2) is 22.5 Å². The van der Waals surface area contributed by atoms with Gasteiger partial charge in [0.05, 0.1) is 17.2 Å². The molecule has 2 aromatic carbocycles. The highest BCUT2D eigenvalue weighted by Crippen LogP contribution is 2.47. The Kier molecular flexibility index (Phi) is 3.56. The first kappa shape index (κ1) is 16.6. The van der Waals surface area contributed by atoms with Crippen molar-refractivity contribution in [3.63, 3.8) is 0 Å². The third-order valence-corrected chi connectivity index (χ3v) is 4.75. The number of Topliss-reactive ketones (excluding diaryl/α,β-unsaturated/α-hetero) is 1. The Morgan fingerprint density at radius 3 is 2.77 bits per heavy atom. The number of carboxylic acid groups (broad SMARTS) is 1. The van der Waals surface area contributed by atoms with E-state index in [0.717, 1.165) is 0 Å². The van der Waals surface area contributed by atoms with Gasteiger partial charge in [0.2, 0.25) is 5.78 Å². The number of fused-ring (bicyclic) bond motifs is 3. The first-order valence-electron chi connectivity index (χ1n) is 7.74. The van der Waals surface area contributed by atoms with Crippen molar-refractivity contribution >= 4 is 34.3 Å². The number of ether oxygens (including phenoxy) is 1. The van der Waals surface area contributed by atoms with E-state index in [4.69, 9.17) is 20.8 Å². The minimum Gasteiger partial charge on any atom is -0.480 e. The van der Waals surface area contributed by atoms with E-state index in [0.29, 0.717) is 16.5 Å². The number of carbonyl (C=O) groups is 2. The number of furan rings is 1. The molecule has 4 rings (SSSR count). The topological polar surface area (TPSA) is 76.7 Å². The summed E-state index contributed by atoms with van der Waals surface area (Å²) in [4.78, 5) is 24.5. The Hall–Kier alpha value is -2.86. The second kappa shape index (κ2) is 5.57. The average Bonchev–Trinajstić information content (AvgIpc) is 2.99. The number of halogens is 2. The Bertz CT molecular complexity index is 1070. The lowest BCUT2D eigenvalue weighted by atomic mass is 9.82. The lowest BCUT2D eigenvalue weighted by Crippen LogP contribution is -2.52. The van der Waals surface area contributed by atoms with Crippen LogP contribution in [-0.2, 0) is 4.79 Å². The fourth-order valence-electron chi connectivity index (χ4n) is 3.24. The van der Waals surface area contributed by atoms with Crippen molar-refractivity contribution < 1.29 is 28.2 Å². The molecule has 0 fully saturated rings. The van der Waals surface area contributed by atoms with Crippen LogP contribution in [0.15, 0.2) is 47.1 Å². The normalized spacial score (nSPS) is 22.1. The number of benzene rings is 2. The van der Waals surface area contributed by atoms with Crippen molar-refractivity contribution in [1.82, 2.24) is 0 Å². The van der Waals surface area contributed by atoms with Gasteiger partial charge in [0, 0.05) is 5.02 Å². The lowest BCUT2D eigenvalue weighted by molar-refractivity contribution is -0.154. The van der Waals surface area contributed by atoms with Gasteiger partial charge in [0.25, 0.3) is 0 Å². The fraction of sp³-hybridized carbons (Fsp3) is 0.158. The van der Waals surface area contributed by atoms with Crippen molar-refractivity contribution in [3.8, 4) is 5.75 Å². The van der Waals surface area contributed by atoms with Gasteiger partial charge in [-0.2, -0.15) is 0 Å². The average molecular weight is 375 g/mol. The van der Waals surface area contributed by atoms with Crippen LogP contribution in [0.1, 0.15) is 27.6 Å². The first-order chi connectivity index (χ1) is 12.3. The number of carboxylic acids is 1. The Balaban J connectivity index is 2.01. The molecule has 0 saturated heterocycles. The maximum Gasteiger partial charge on any atom is 0.354 e. The standard InChI is InChI=1S/C19H12ClFO5/c1-9-8-25-13-6-5-12-15(14(9)13)26-17(10-3-2-4-11(20)7-10)19(21,16(12)22)18(23)24/h2-8,17H,1H3,(H,23,24). The molecule has 2 unspecified atom stereocenters. The summed E-state index contributed by atoms with van der Waals surface area (Å²) in [6.45, 7) is 1.75. The molecule has 0 aliphatic carbocycles. The molecule has 2 atom stereocenters. The number of carbonyl (C=O) groups excluding carboxylic acids is 1. The van der Waals surface area contributed by atoms with Gasteiger partial charge in [0.1, 0.15) is 11.3 Å². The molecule has 1 aliphatic rings. The van der Waals surface area contributed by atoms with Gasteiger partial charge < -0.3 is 14.3 Å². The molecule has 26 heavy (non-hydrogen) atoms. The molecular formula is C19H12ClFO5. The highest BCUT2D eigenvalue weighted by atomic mass is 35.5. The molecule has 0 amide bonds. The van der Waals surface area contributed by atoms with Crippen LogP contribution >= 0.6 is 11.6 Å². The molecule has 1 aliphatic heterocycles. The molecule has 0 radical (unpaired) electrons. The van der Waals surface area contributed by atoms with Crippen molar-refractivity contribution in [2.75, 3.05) is 0 Å². The largest absolute Gasteiger partial charge is 0.480 e. The zero-order valence-electron chi connectivity index (χ0n) is 13.5. The summed E-state index contributed by atoms with van der Waals surface area (Å²) in [6, 6.07) is 8.74. The number of hydrogen-bond donors (Lipinski definition) is 1. The predicted octanol–water partition coefficient (Wildman–Crippen LogP) is 4.50. The molecule has 2 heterocycles. The minimum absolute atomic E-state index is 0.109. The second-order valence-electron chi connectivity index (χ2n) is 6.13. The molecule has 1 aromatic heterocycles. The van der Waals surface area contributed by atoms with Crippen molar-refractivity contribution in [3.05, 3.63) is 64.4 Å². The smallest absolute Gasteiger partial charge is 0.354 e. The predicted molar refractivity (Wildman–Crippen MR) is 91.6 cm³/mol. The van der Waals surface area contributed by atoms with Crippen LogP contribution in [0.5, 0.6) is 5.75 Å². The number of aryl methyl sites for hydroxylation is 1. The second-order valence-corrected chi connectivity index (χ2v) is 6.57. The maximum atomic E-state index is 15.5. The van der Waals surface area contributed by atoms with Crippen LogP contribution in [0.2, 0.25) is 5.02 Å². The number of aliphatic carboxylic acids is 1. The van der Waals surface area contributed by atoms with Crippen LogP contribution in [0.3, 0.4) is 0 Å². The summed E-state index contributed by atoms with van der Waals surface area (Å²) in [7, 11) is 0. The molecule has 0 bridgehead atoms. The lowest BCUT2D eigenvalue weighted by Gasteiger charge is -2.35. The molecule has 5 nitrogen and oxygen atoms in total. The third-order valence-electron chi connectivity index (χ3n) is 4.51. The molecule has 3 aromatic rings. The van der Waals surface area contributed by atoms with E-state index in [1.807, 2.05) is 0 Å². The van der Waals surface area contributed by atoms with Crippen LogP contribution < -0.4 is 4.74 Å². The first-order valence-corrected chi connectivity index (χ1v) is 8.12. The minimum atomic E-state index is -3.27. The molecular weight excluding hydrogens is 363 g/mol. The third kappa shape index (κ3) is 2.15. The van der Waals surface area contributed by atoms with Gasteiger partial charge in [-0.05, 0) is 42.3 Å². The van der Waals surface area contributed by atoms with E-state index in [1.54, 1.807) is 13.0 Å². The van der Waals surface area contributed by atoms with Crippen LogP contribution in [0, 0.1) is 6.92 Å². The highest BCUT2D eigenvalue weighted by molar-refractivity contribution is 6.30. The van der Waals surface area contributed by atoms with Gasteiger partial charge in [-0.1, -0.05) is 23.7 Å². The monoisotopic (exact) mass is 374 g/mol. The SMILES string of the molecule is Cc1coc2ccc3c(c12)OC(c1cccc(Cl)c1)C(F)(C(=O)O)C3=O. The number of ketones is 1. The molecule has 132 valence electrons. The number of alkyl halides is 1. The molecule has 0 saturated carbocycles. The van der Waals surface area contributed by atoms with E-state index in [9.17, 15) is 14.7 Å². The van der Waals surface area contributed by atoms with E-state index in [-0.39, 0.29) is 21.9 Å². The van der Waals surface area contributed by atoms with Gasteiger partial charge in [0.15, 0.2) is 6.10 Å². The van der Waals surface area contributed by atoms with Gasteiger partial charge >= 0.3 is 11.6 Å². The molecule has 7 heteroatoms. The highest BCUT2D eigenvalue weighted by Gasteiger charge is 2.59. The number of rotatable bonds is 2. The Labute approximate surface area is 151 Å². The van der Waals surface area contributed by atoms with Crippen LogP contribution in [0.4, 0.5) is 4.39 Å². The van der Waals surface area contributed by atoms with Crippen LogP contribution in [0.25, 0.3) is 11.0 Å². The summed E-state index contributed by atoms with van der Waals surface area (Å²) < 4.78 is 26.7. The summed E-state index contributed by atoms with van der Waals surface area (Å²) in [5, 5.41) is 10.3. The van der Waals surface area contributed by atoms with Gasteiger partial charge in [-0.15, -0.1) is 0 Å². The van der Waals surface area contributed by atoms with Gasteiger partial charge in [-0.25, -0.2) is 9.18 Å². The maximum absolute atomic E-state index is 15.5. The zero-order valence-corrected chi connectivity index (χ0v) is 14.2. The van der Waals surface area contributed by atoms with E-state index >= 15 is 4.39 Å².